The number of carbonyl (C=O) groups is 2. The molecule has 3 aromatic carbocycles. The molecule has 0 N–H and O–H groups in total. The molecule has 5 heteroatoms. The van der Waals surface area contributed by atoms with Crippen molar-refractivity contribution in [2.75, 3.05) is 19.7 Å². The van der Waals surface area contributed by atoms with E-state index in [0.717, 1.165) is 27.8 Å². The van der Waals surface area contributed by atoms with Crippen molar-refractivity contribution in [2.45, 2.75) is 12.5 Å². The van der Waals surface area contributed by atoms with E-state index in [2.05, 4.69) is 30.8 Å². The highest BCUT2D eigenvalue weighted by molar-refractivity contribution is 5.80. The molecule has 0 heterocycles. The summed E-state index contributed by atoms with van der Waals surface area (Å²) in [5, 5.41) is 0. The first-order valence-electron chi connectivity index (χ1n) is 10.6. The number of hydrogen-bond acceptors (Lipinski definition) is 4. The lowest BCUT2D eigenvalue weighted by Crippen LogP contribution is -2.37. The fraction of sp³-hybridized carbons (Fsp3) is 0.185. The van der Waals surface area contributed by atoms with Crippen molar-refractivity contribution in [2.24, 2.45) is 0 Å². The average Bonchev–Trinajstić information content (AvgIpc) is 3.15. The summed E-state index contributed by atoms with van der Waals surface area (Å²) in [6.07, 6.45) is 0.995. The molecule has 0 fully saturated rings. The zero-order valence-electron chi connectivity index (χ0n) is 17.8. The van der Waals surface area contributed by atoms with Gasteiger partial charge in [0, 0.05) is 12.5 Å². The Labute approximate surface area is 187 Å². The minimum atomic E-state index is -0.566. The maximum atomic E-state index is 12.8. The number of nitrogens with zero attached hydrogens (tertiary/aromatic N) is 1. The maximum Gasteiger partial charge on any atom is 0.410 e. The Morgan fingerprint density at radius 1 is 0.844 bits per heavy atom. The molecule has 3 aromatic rings. The van der Waals surface area contributed by atoms with E-state index in [1.807, 2.05) is 54.6 Å². The van der Waals surface area contributed by atoms with Gasteiger partial charge in [0.05, 0.1) is 0 Å². The molecule has 1 aliphatic rings. The molecule has 0 bridgehead atoms. The number of carbonyl (C=O) groups excluding carboxylic acids is 2. The third-order valence-corrected chi connectivity index (χ3v) is 5.51. The highest BCUT2D eigenvalue weighted by atomic mass is 16.6. The lowest BCUT2D eigenvalue weighted by Gasteiger charge is -2.21. The van der Waals surface area contributed by atoms with Gasteiger partial charge in [0.15, 0.2) is 0 Å². The molecule has 0 atom stereocenters. The highest BCUT2D eigenvalue weighted by Crippen LogP contribution is 2.44. The number of esters is 1. The van der Waals surface area contributed by atoms with Crippen molar-refractivity contribution in [3.8, 4) is 11.1 Å². The Morgan fingerprint density at radius 2 is 1.44 bits per heavy atom. The third-order valence-electron chi connectivity index (χ3n) is 5.51. The Balaban J connectivity index is 1.38. The van der Waals surface area contributed by atoms with E-state index in [-0.39, 0.29) is 32.2 Å². The molecule has 32 heavy (non-hydrogen) atoms. The van der Waals surface area contributed by atoms with Gasteiger partial charge in [-0.1, -0.05) is 84.9 Å². The minimum absolute atomic E-state index is 0.0398. The predicted molar refractivity (Wildman–Crippen MR) is 123 cm³/mol. The van der Waals surface area contributed by atoms with Crippen LogP contribution in [0.4, 0.5) is 4.79 Å². The number of amides is 1. The van der Waals surface area contributed by atoms with Gasteiger partial charge in [0.2, 0.25) is 0 Å². The van der Waals surface area contributed by atoms with Gasteiger partial charge >= 0.3 is 12.1 Å². The van der Waals surface area contributed by atoms with Gasteiger partial charge < -0.3 is 9.47 Å². The second kappa shape index (κ2) is 9.96. The smallest absolute Gasteiger partial charge is 0.410 e. The number of fused-ring (bicyclic) bond motifs is 3. The van der Waals surface area contributed by atoms with Crippen LogP contribution < -0.4 is 0 Å². The van der Waals surface area contributed by atoms with Crippen molar-refractivity contribution in [3.05, 3.63) is 108 Å². The topological polar surface area (TPSA) is 55.8 Å². The number of benzene rings is 3. The SMILES string of the molecule is C=CCN(CC(=O)OCc1ccccc1)C(=O)OCC1c2ccccc2-c2ccccc21. The van der Waals surface area contributed by atoms with Gasteiger partial charge in [-0.3, -0.25) is 9.69 Å². The van der Waals surface area contributed by atoms with Gasteiger partial charge in [-0.05, 0) is 27.8 Å². The first-order chi connectivity index (χ1) is 15.7. The van der Waals surface area contributed by atoms with E-state index in [0.29, 0.717) is 0 Å². The molecule has 0 aliphatic heterocycles. The molecular weight excluding hydrogens is 402 g/mol. The van der Waals surface area contributed by atoms with Crippen molar-refractivity contribution >= 4 is 12.1 Å². The van der Waals surface area contributed by atoms with Gasteiger partial charge in [-0.2, -0.15) is 0 Å². The van der Waals surface area contributed by atoms with Gasteiger partial charge in [-0.15, -0.1) is 6.58 Å². The van der Waals surface area contributed by atoms with Crippen molar-refractivity contribution in [3.63, 3.8) is 0 Å². The van der Waals surface area contributed by atoms with Crippen LogP contribution in [0.3, 0.4) is 0 Å². The molecule has 0 radical (unpaired) electrons. The second-order valence-corrected chi connectivity index (χ2v) is 7.62. The zero-order valence-corrected chi connectivity index (χ0v) is 17.8. The maximum absolute atomic E-state index is 12.8. The van der Waals surface area contributed by atoms with Crippen LogP contribution in [0.2, 0.25) is 0 Å². The second-order valence-electron chi connectivity index (χ2n) is 7.62. The summed E-state index contributed by atoms with van der Waals surface area (Å²) in [6, 6.07) is 25.7. The summed E-state index contributed by atoms with van der Waals surface area (Å²) in [7, 11) is 0. The lowest BCUT2D eigenvalue weighted by atomic mass is 9.98. The van der Waals surface area contributed by atoms with Gasteiger partial charge in [-0.25, -0.2) is 4.79 Å². The molecule has 162 valence electrons. The normalized spacial score (nSPS) is 11.9. The largest absolute Gasteiger partial charge is 0.459 e. The van der Waals surface area contributed by atoms with Crippen molar-refractivity contribution < 1.29 is 19.1 Å². The highest BCUT2D eigenvalue weighted by Gasteiger charge is 2.30. The fourth-order valence-corrected chi connectivity index (χ4v) is 3.98. The molecule has 0 unspecified atom stereocenters. The summed E-state index contributed by atoms with van der Waals surface area (Å²) in [5.41, 5.74) is 5.49. The average molecular weight is 428 g/mol. The fourth-order valence-electron chi connectivity index (χ4n) is 3.98. The summed E-state index contributed by atoms with van der Waals surface area (Å²) < 4.78 is 11.0. The number of hydrogen-bond donors (Lipinski definition) is 0. The molecule has 0 spiro atoms. The summed E-state index contributed by atoms with van der Waals surface area (Å²) >= 11 is 0. The summed E-state index contributed by atoms with van der Waals surface area (Å²) in [4.78, 5) is 26.4. The Morgan fingerprint density at radius 3 is 2.06 bits per heavy atom. The zero-order chi connectivity index (χ0) is 22.3. The van der Waals surface area contributed by atoms with E-state index < -0.39 is 12.1 Å². The summed E-state index contributed by atoms with van der Waals surface area (Å²) in [6.45, 7) is 4.02. The van der Waals surface area contributed by atoms with Crippen LogP contribution >= 0.6 is 0 Å². The first kappa shape index (κ1) is 21.4. The molecule has 1 amide bonds. The molecule has 4 rings (SSSR count). The van der Waals surface area contributed by atoms with Crippen LogP contribution in [0.1, 0.15) is 22.6 Å². The number of ether oxygens (including phenoxy) is 2. The first-order valence-corrected chi connectivity index (χ1v) is 10.6. The van der Waals surface area contributed by atoms with E-state index in [9.17, 15) is 9.59 Å². The quantitative estimate of drug-likeness (QED) is 0.368. The Bertz CT molecular complexity index is 1060. The predicted octanol–water partition coefficient (Wildman–Crippen LogP) is 5.17. The van der Waals surface area contributed by atoms with Crippen molar-refractivity contribution in [1.82, 2.24) is 4.90 Å². The summed E-state index contributed by atoms with van der Waals surface area (Å²) in [5.74, 6) is -0.536. The van der Waals surface area contributed by atoms with E-state index in [1.165, 1.54) is 4.90 Å². The van der Waals surface area contributed by atoms with Gasteiger partial charge in [0.25, 0.3) is 0 Å². The van der Waals surface area contributed by atoms with E-state index in [4.69, 9.17) is 9.47 Å². The lowest BCUT2D eigenvalue weighted by molar-refractivity contribution is -0.145. The standard InChI is InChI=1S/C27H25NO4/c1-2-16-28(17-26(29)31-18-20-10-4-3-5-11-20)27(30)32-19-25-23-14-8-6-12-21(23)22-13-7-9-15-24(22)25/h2-15,25H,1,16-19H2. The van der Waals surface area contributed by atoms with Crippen LogP contribution in [-0.4, -0.2) is 36.7 Å². The monoisotopic (exact) mass is 427 g/mol. The Hall–Kier alpha value is -3.86. The van der Waals surface area contributed by atoms with Crippen LogP contribution in [0.25, 0.3) is 11.1 Å². The molecule has 1 aliphatic carbocycles. The van der Waals surface area contributed by atoms with Crippen LogP contribution in [-0.2, 0) is 20.9 Å². The van der Waals surface area contributed by atoms with E-state index in [1.54, 1.807) is 6.08 Å². The molecule has 0 saturated heterocycles. The number of rotatable bonds is 8. The van der Waals surface area contributed by atoms with Crippen LogP contribution in [0.15, 0.2) is 91.5 Å². The van der Waals surface area contributed by atoms with Crippen LogP contribution in [0, 0.1) is 0 Å². The van der Waals surface area contributed by atoms with Crippen LogP contribution in [0.5, 0.6) is 0 Å². The third kappa shape index (κ3) is 4.72. The molecular formula is C27H25NO4. The minimum Gasteiger partial charge on any atom is -0.459 e. The molecule has 0 aromatic heterocycles. The van der Waals surface area contributed by atoms with Gasteiger partial charge in [0.1, 0.15) is 19.8 Å². The Kier molecular flexibility index (Phi) is 6.66. The van der Waals surface area contributed by atoms with Crippen molar-refractivity contribution in [1.29, 1.82) is 0 Å². The molecule has 5 nitrogen and oxygen atoms in total. The van der Waals surface area contributed by atoms with E-state index >= 15 is 0 Å². The molecule has 0 saturated carbocycles.